The number of aromatic hydroxyl groups is 1. The lowest BCUT2D eigenvalue weighted by Crippen LogP contribution is -2.04. The highest BCUT2D eigenvalue weighted by atomic mass is 19.1. The number of rotatable bonds is 6. The van der Waals surface area contributed by atoms with Gasteiger partial charge in [0, 0.05) is 18.7 Å². The number of aromatic carboxylic acids is 1. The number of hydrogen-bond donors (Lipinski definition) is 2. The number of methoxy groups -OCH3 is 1. The summed E-state index contributed by atoms with van der Waals surface area (Å²) in [6.45, 7) is 0.329. The van der Waals surface area contributed by atoms with Gasteiger partial charge in [0.1, 0.15) is 11.3 Å². The smallest absolute Gasteiger partial charge is 0.358 e. The molecule has 2 heterocycles. The van der Waals surface area contributed by atoms with E-state index < -0.39 is 17.4 Å². The van der Waals surface area contributed by atoms with Gasteiger partial charge in [-0.15, -0.1) is 0 Å². The molecule has 0 fully saturated rings. The molecule has 2 aromatic heterocycles. The van der Waals surface area contributed by atoms with E-state index in [9.17, 15) is 19.4 Å². The van der Waals surface area contributed by atoms with E-state index in [1.54, 1.807) is 36.5 Å². The van der Waals surface area contributed by atoms with Crippen LogP contribution in [0.2, 0.25) is 0 Å². The van der Waals surface area contributed by atoms with E-state index in [4.69, 9.17) is 4.74 Å². The molecule has 138 valence electrons. The van der Waals surface area contributed by atoms with Gasteiger partial charge in [0.05, 0.1) is 12.3 Å². The normalized spacial score (nSPS) is 11.3. The zero-order valence-electron chi connectivity index (χ0n) is 14.5. The SMILES string of the molecule is COCC=Cc1nc(C(=O)O)c(O)c2ncc(Cc3ccc(F)cc3)cc12. The third-order valence-electron chi connectivity index (χ3n) is 3.96. The largest absolute Gasteiger partial charge is 0.504 e. The Morgan fingerprint density at radius 3 is 2.67 bits per heavy atom. The summed E-state index contributed by atoms with van der Waals surface area (Å²) in [5.74, 6) is -2.13. The van der Waals surface area contributed by atoms with Gasteiger partial charge in [0.25, 0.3) is 0 Å². The van der Waals surface area contributed by atoms with Gasteiger partial charge < -0.3 is 14.9 Å². The predicted molar refractivity (Wildman–Crippen MR) is 98.3 cm³/mol. The van der Waals surface area contributed by atoms with E-state index in [1.165, 1.54) is 19.2 Å². The van der Waals surface area contributed by atoms with E-state index in [0.29, 0.717) is 24.1 Å². The fourth-order valence-corrected chi connectivity index (χ4v) is 2.70. The summed E-state index contributed by atoms with van der Waals surface area (Å²) < 4.78 is 18.0. The number of carboxylic acid groups (broad SMARTS) is 1. The van der Waals surface area contributed by atoms with Crippen molar-refractivity contribution in [1.29, 1.82) is 0 Å². The molecule has 0 radical (unpaired) electrons. The fraction of sp³-hybridized carbons (Fsp3) is 0.150. The van der Waals surface area contributed by atoms with Gasteiger partial charge in [-0.3, -0.25) is 4.98 Å². The molecule has 0 aliphatic heterocycles. The molecule has 6 nitrogen and oxygen atoms in total. The van der Waals surface area contributed by atoms with Crippen LogP contribution >= 0.6 is 0 Å². The minimum atomic E-state index is -1.34. The maximum atomic E-state index is 13.1. The van der Waals surface area contributed by atoms with Crippen molar-refractivity contribution >= 4 is 22.9 Å². The number of halogens is 1. The van der Waals surface area contributed by atoms with Gasteiger partial charge in [-0.1, -0.05) is 18.2 Å². The Morgan fingerprint density at radius 1 is 1.26 bits per heavy atom. The Morgan fingerprint density at radius 2 is 2.00 bits per heavy atom. The lowest BCUT2D eigenvalue weighted by molar-refractivity contribution is 0.0687. The highest BCUT2D eigenvalue weighted by Crippen LogP contribution is 2.30. The molecule has 0 aliphatic rings. The average Bonchev–Trinajstić information content (AvgIpc) is 2.65. The number of carboxylic acids is 1. The maximum Gasteiger partial charge on any atom is 0.358 e. The van der Waals surface area contributed by atoms with Crippen LogP contribution in [0, 0.1) is 5.82 Å². The molecular formula is C20H17FN2O4. The molecule has 2 N–H and O–H groups in total. The predicted octanol–water partition coefficient (Wildman–Crippen LogP) is 3.42. The first kappa shape index (κ1) is 18.5. The van der Waals surface area contributed by atoms with Gasteiger partial charge in [-0.2, -0.15) is 0 Å². The van der Waals surface area contributed by atoms with Crippen LogP contribution in [0.4, 0.5) is 4.39 Å². The van der Waals surface area contributed by atoms with Crippen molar-refractivity contribution in [1.82, 2.24) is 9.97 Å². The van der Waals surface area contributed by atoms with E-state index >= 15 is 0 Å². The first-order chi connectivity index (χ1) is 13.0. The van der Waals surface area contributed by atoms with Crippen LogP contribution in [0.5, 0.6) is 5.75 Å². The van der Waals surface area contributed by atoms with Gasteiger partial charge in [0.15, 0.2) is 11.4 Å². The first-order valence-corrected chi connectivity index (χ1v) is 8.14. The van der Waals surface area contributed by atoms with E-state index in [1.807, 2.05) is 0 Å². The zero-order valence-corrected chi connectivity index (χ0v) is 14.5. The number of hydrogen-bond acceptors (Lipinski definition) is 5. The summed E-state index contributed by atoms with van der Waals surface area (Å²) in [5, 5.41) is 20.0. The summed E-state index contributed by atoms with van der Waals surface area (Å²) in [4.78, 5) is 19.6. The van der Waals surface area contributed by atoms with E-state index in [2.05, 4.69) is 9.97 Å². The van der Waals surface area contributed by atoms with Crippen molar-refractivity contribution < 1.29 is 24.1 Å². The molecule has 0 amide bonds. The number of benzene rings is 1. The number of nitrogens with zero attached hydrogens (tertiary/aromatic N) is 2. The number of ether oxygens (including phenoxy) is 1. The van der Waals surface area contributed by atoms with Crippen molar-refractivity contribution in [2.24, 2.45) is 0 Å². The van der Waals surface area contributed by atoms with Crippen LogP contribution in [-0.2, 0) is 11.2 Å². The molecule has 0 saturated heterocycles. The molecule has 0 spiro atoms. The van der Waals surface area contributed by atoms with Crippen LogP contribution in [-0.4, -0.2) is 39.9 Å². The third kappa shape index (κ3) is 4.09. The Balaban J connectivity index is 2.09. The molecule has 0 atom stereocenters. The molecule has 3 rings (SSSR count). The highest BCUT2D eigenvalue weighted by molar-refractivity contribution is 5.99. The molecular weight excluding hydrogens is 351 g/mol. The highest BCUT2D eigenvalue weighted by Gasteiger charge is 2.19. The van der Waals surface area contributed by atoms with Crippen molar-refractivity contribution in [2.75, 3.05) is 13.7 Å². The second-order valence-corrected chi connectivity index (χ2v) is 5.90. The summed E-state index contributed by atoms with van der Waals surface area (Å²) in [6, 6.07) is 7.92. The zero-order chi connectivity index (χ0) is 19.4. The standard InChI is InChI=1S/C20H17FN2O4/c1-27-8-2-3-16-15-10-13(9-12-4-6-14(21)7-5-12)11-22-17(15)19(24)18(23-16)20(25)26/h2-7,10-11,24H,8-9H2,1H3,(H,25,26). The monoisotopic (exact) mass is 368 g/mol. The molecule has 1 aromatic carbocycles. The van der Waals surface area contributed by atoms with E-state index in [-0.39, 0.29) is 11.3 Å². The van der Waals surface area contributed by atoms with Crippen LogP contribution < -0.4 is 0 Å². The van der Waals surface area contributed by atoms with Crippen LogP contribution in [0.3, 0.4) is 0 Å². The average molecular weight is 368 g/mol. The second kappa shape index (κ2) is 7.92. The Bertz CT molecular complexity index is 1020. The topological polar surface area (TPSA) is 92.5 Å². The first-order valence-electron chi connectivity index (χ1n) is 8.14. The molecule has 0 aliphatic carbocycles. The lowest BCUT2D eigenvalue weighted by atomic mass is 10.0. The Labute approximate surface area is 154 Å². The number of fused-ring (bicyclic) bond motifs is 1. The maximum absolute atomic E-state index is 13.1. The number of carbonyl (C=O) groups is 1. The molecule has 27 heavy (non-hydrogen) atoms. The molecule has 0 bridgehead atoms. The third-order valence-corrected chi connectivity index (χ3v) is 3.96. The molecule has 3 aromatic rings. The minimum absolute atomic E-state index is 0.155. The van der Waals surface area contributed by atoms with E-state index in [0.717, 1.165) is 11.1 Å². The van der Waals surface area contributed by atoms with Gasteiger partial charge in [0.2, 0.25) is 0 Å². The molecule has 0 unspecified atom stereocenters. The number of pyridine rings is 2. The van der Waals surface area contributed by atoms with Gasteiger partial charge >= 0.3 is 5.97 Å². The summed E-state index contributed by atoms with van der Waals surface area (Å²) >= 11 is 0. The van der Waals surface area contributed by atoms with Gasteiger partial charge in [-0.05, 0) is 41.8 Å². The molecule has 0 saturated carbocycles. The van der Waals surface area contributed by atoms with Crippen molar-refractivity contribution in [3.8, 4) is 5.75 Å². The summed E-state index contributed by atoms with van der Waals surface area (Å²) in [6.07, 6.45) is 5.38. The van der Waals surface area contributed by atoms with Crippen molar-refractivity contribution in [2.45, 2.75) is 6.42 Å². The van der Waals surface area contributed by atoms with Gasteiger partial charge in [-0.25, -0.2) is 14.2 Å². The van der Waals surface area contributed by atoms with Crippen molar-refractivity contribution in [3.63, 3.8) is 0 Å². The lowest BCUT2D eigenvalue weighted by Gasteiger charge is -2.09. The Hall–Kier alpha value is -3.32. The Kier molecular flexibility index (Phi) is 5.42. The summed E-state index contributed by atoms with van der Waals surface area (Å²) in [5.41, 5.74) is 1.78. The quantitative estimate of drug-likeness (QED) is 0.693. The fourth-order valence-electron chi connectivity index (χ4n) is 2.70. The van der Waals surface area contributed by atoms with Crippen LogP contribution in [0.15, 0.2) is 42.6 Å². The molecule has 7 heteroatoms. The minimum Gasteiger partial charge on any atom is -0.504 e. The van der Waals surface area contributed by atoms with Crippen LogP contribution in [0.25, 0.3) is 17.0 Å². The summed E-state index contributed by atoms with van der Waals surface area (Å²) in [7, 11) is 1.54. The van der Waals surface area contributed by atoms with Crippen LogP contribution in [0.1, 0.15) is 27.3 Å². The second-order valence-electron chi connectivity index (χ2n) is 5.90. The van der Waals surface area contributed by atoms with Crippen molar-refractivity contribution in [3.05, 3.63) is 70.9 Å². The number of aromatic nitrogens is 2.